The van der Waals surface area contributed by atoms with Gasteiger partial charge in [-0.3, -0.25) is 10.0 Å². The lowest BCUT2D eigenvalue weighted by Crippen LogP contribution is -2.74. The second-order valence-corrected chi connectivity index (χ2v) is 10.1. The Kier molecular flexibility index (Phi) is 4.43. The summed E-state index contributed by atoms with van der Waals surface area (Å²) in [5.41, 5.74) is 5.91. The molecule has 0 spiro atoms. The Labute approximate surface area is 182 Å². The molecule has 0 aliphatic carbocycles. The molecule has 0 aromatic heterocycles. The normalized spacial score (nSPS) is 33.5. The Morgan fingerprint density at radius 3 is 1.90 bits per heavy atom. The predicted molar refractivity (Wildman–Crippen MR) is 124 cm³/mol. The molecule has 5 rings (SSSR count). The standard InChI is InChI=1S/C26H38N4/c1-7-10-13-16-26(9-3)24-28(6)18-22-20-15-12-11-14-19(20)21-17-27(5)23(25(26,4)8-2)29(21)30(22)24/h11-12,14-15,17-18,23-24H,7-10,13,16H2,1-6H3. The SMILES string of the molecule is CCCCCC1(CC)C2N(C)C=C3c4ccccc4C4=CN(C)C(N4N32)C1(C)CC. The topological polar surface area (TPSA) is 13.0 Å². The molecule has 0 radical (unpaired) electrons. The van der Waals surface area contributed by atoms with Crippen molar-refractivity contribution in [1.82, 2.24) is 19.8 Å². The number of hydrogen-bond acceptors (Lipinski definition) is 4. The summed E-state index contributed by atoms with van der Waals surface area (Å²) in [5, 5.41) is 5.33. The van der Waals surface area contributed by atoms with Crippen LogP contribution >= 0.6 is 0 Å². The van der Waals surface area contributed by atoms with E-state index in [-0.39, 0.29) is 10.8 Å². The molecule has 4 heteroatoms. The summed E-state index contributed by atoms with van der Waals surface area (Å²) in [4.78, 5) is 5.05. The highest BCUT2D eigenvalue weighted by molar-refractivity contribution is 5.84. The van der Waals surface area contributed by atoms with Gasteiger partial charge in [0.25, 0.3) is 0 Å². The fraction of sp³-hybridized carbons (Fsp3) is 0.615. The Morgan fingerprint density at radius 2 is 1.37 bits per heavy atom. The molecule has 162 valence electrons. The zero-order valence-electron chi connectivity index (χ0n) is 19.7. The third-order valence-corrected chi connectivity index (χ3v) is 8.88. The number of fused-ring (bicyclic) bond motifs is 3. The summed E-state index contributed by atoms with van der Waals surface area (Å²) in [6, 6.07) is 8.98. The smallest absolute Gasteiger partial charge is 0.127 e. The molecule has 1 aromatic rings. The number of nitrogens with zero attached hydrogens (tertiary/aromatic N) is 4. The van der Waals surface area contributed by atoms with Gasteiger partial charge in [-0.05, 0) is 19.3 Å². The molecule has 0 bridgehead atoms. The molecule has 30 heavy (non-hydrogen) atoms. The van der Waals surface area contributed by atoms with Crippen molar-refractivity contribution in [3.05, 3.63) is 47.8 Å². The number of hydrogen-bond donors (Lipinski definition) is 0. The Bertz CT molecular complexity index is 904. The number of benzene rings is 1. The van der Waals surface area contributed by atoms with E-state index in [1.165, 1.54) is 61.0 Å². The minimum absolute atomic E-state index is 0.188. The summed E-state index contributed by atoms with van der Waals surface area (Å²) in [7, 11) is 4.60. The van der Waals surface area contributed by atoms with Gasteiger partial charge in [0.05, 0.1) is 11.4 Å². The summed E-state index contributed by atoms with van der Waals surface area (Å²) in [6.45, 7) is 9.78. The van der Waals surface area contributed by atoms with Crippen LogP contribution in [0.1, 0.15) is 77.3 Å². The second kappa shape index (κ2) is 6.70. The highest BCUT2D eigenvalue weighted by Gasteiger charge is 2.68. The fourth-order valence-electron chi connectivity index (χ4n) is 7.34. The zero-order valence-corrected chi connectivity index (χ0v) is 19.7. The molecule has 1 fully saturated rings. The molecule has 0 saturated carbocycles. The molecule has 4 aliphatic rings. The first-order valence-corrected chi connectivity index (χ1v) is 12.0. The first kappa shape index (κ1) is 19.8. The zero-order chi connectivity index (χ0) is 21.3. The van der Waals surface area contributed by atoms with Crippen LogP contribution in [0.3, 0.4) is 0 Å². The Morgan fingerprint density at radius 1 is 0.800 bits per heavy atom. The van der Waals surface area contributed by atoms with Crippen molar-refractivity contribution >= 4 is 11.4 Å². The van der Waals surface area contributed by atoms with Crippen LogP contribution in [-0.2, 0) is 0 Å². The Balaban J connectivity index is 1.74. The molecule has 0 amide bonds. The lowest BCUT2D eigenvalue weighted by Gasteiger charge is -2.67. The van der Waals surface area contributed by atoms with E-state index in [1.54, 1.807) is 0 Å². The van der Waals surface area contributed by atoms with Gasteiger partial charge in [-0.1, -0.05) is 71.2 Å². The maximum atomic E-state index is 2.68. The average molecular weight is 407 g/mol. The first-order chi connectivity index (χ1) is 14.4. The van der Waals surface area contributed by atoms with Gasteiger partial charge >= 0.3 is 0 Å². The minimum atomic E-state index is 0.188. The van der Waals surface area contributed by atoms with Crippen LogP contribution in [0.5, 0.6) is 0 Å². The van der Waals surface area contributed by atoms with Crippen molar-refractivity contribution in [2.45, 2.75) is 78.6 Å². The summed E-state index contributed by atoms with van der Waals surface area (Å²) < 4.78 is 0. The molecule has 0 N–H and O–H groups in total. The highest BCUT2D eigenvalue weighted by Crippen LogP contribution is 2.65. The van der Waals surface area contributed by atoms with Gasteiger partial charge in [-0.2, -0.15) is 0 Å². The molecule has 4 atom stereocenters. The van der Waals surface area contributed by atoms with Gasteiger partial charge in [0.15, 0.2) is 0 Å². The number of rotatable bonds is 6. The van der Waals surface area contributed by atoms with Gasteiger partial charge in [0.1, 0.15) is 12.3 Å². The van der Waals surface area contributed by atoms with E-state index in [2.05, 4.69) is 98.3 Å². The highest BCUT2D eigenvalue weighted by atomic mass is 15.8. The van der Waals surface area contributed by atoms with Gasteiger partial charge in [-0.25, -0.2) is 0 Å². The van der Waals surface area contributed by atoms with Crippen LogP contribution in [0, 0.1) is 10.8 Å². The molecule has 4 nitrogen and oxygen atoms in total. The molecule has 4 aliphatic heterocycles. The largest absolute Gasteiger partial charge is 0.357 e. The van der Waals surface area contributed by atoms with Gasteiger partial charge in [0.2, 0.25) is 0 Å². The van der Waals surface area contributed by atoms with Crippen LogP contribution in [0.4, 0.5) is 0 Å². The van der Waals surface area contributed by atoms with E-state index in [4.69, 9.17) is 0 Å². The lowest BCUT2D eigenvalue weighted by atomic mass is 9.54. The average Bonchev–Trinajstić information content (AvgIpc) is 3.28. The summed E-state index contributed by atoms with van der Waals surface area (Å²) >= 11 is 0. The van der Waals surface area contributed by atoms with Crippen LogP contribution in [0.15, 0.2) is 36.7 Å². The lowest BCUT2D eigenvalue weighted by molar-refractivity contribution is -0.241. The monoisotopic (exact) mass is 406 g/mol. The van der Waals surface area contributed by atoms with Crippen molar-refractivity contribution in [1.29, 1.82) is 0 Å². The molecule has 1 aromatic carbocycles. The molecule has 4 heterocycles. The van der Waals surface area contributed by atoms with Crippen molar-refractivity contribution < 1.29 is 0 Å². The van der Waals surface area contributed by atoms with Crippen molar-refractivity contribution in [3.8, 4) is 0 Å². The molecular weight excluding hydrogens is 368 g/mol. The maximum Gasteiger partial charge on any atom is 0.127 e. The number of unbranched alkanes of at least 4 members (excludes halogenated alkanes) is 2. The minimum Gasteiger partial charge on any atom is -0.357 e. The quantitative estimate of drug-likeness (QED) is 0.556. The fourth-order valence-corrected chi connectivity index (χ4v) is 7.34. The van der Waals surface area contributed by atoms with Gasteiger partial charge in [0, 0.05) is 48.5 Å². The van der Waals surface area contributed by atoms with Crippen LogP contribution in [0.25, 0.3) is 11.4 Å². The predicted octanol–water partition coefficient (Wildman–Crippen LogP) is 5.77. The van der Waals surface area contributed by atoms with Crippen LogP contribution in [-0.4, -0.2) is 46.2 Å². The van der Waals surface area contributed by atoms with E-state index < -0.39 is 0 Å². The van der Waals surface area contributed by atoms with Crippen LogP contribution in [0.2, 0.25) is 0 Å². The first-order valence-electron chi connectivity index (χ1n) is 12.0. The number of hydrazine groups is 1. The Hall–Kier alpha value is -2.10. The van der Waals surface area contributed by atoms with Crippen molar-refractivity contribution in [3.63, 3.8) is 0 Å². The van der Waals surface area contributed by atoms with E-state index in [1.807, 2.05) is 0 Å². The van der Waals surface area contributed by atoms with Crippen molar-refractivity contribution in [2.75, 3.05) is 14.1 Å². The summed E-state index contributed by atoms with van der Waals surface area (Å²) in [5.74, 6) is 0. The molecule has 1 saturated heterocycles. The van der Waals surface area contributed by atoms with Crippen LogP contribution < -0.4 is 0 Å². The summed E-state index contributed by atoms with van der Waals surface area (Å²) in [6.07, 6.45) is 13.2. The van der Waals surface area contributed by atoms with Gasteiger partial charge < -0.3 is 9.80 Å². The van der Waals surface area contributed by atoms with E-state index in [0.29, 0.717) is 12.3 Å². The third-order valence-electron chi connectivity index (χ3n) is 8.88. The third kappa shape index (κ3) is 2.18. The maximum absolute atomic E-state index is 2.68. The van der Waals surface area contributed by atoms with E-state index in [0.717, 1.165) is 0 Å². The van der Waals surface area contributed by atoms with E-state index >= 15 is 0 Å². The second-order valence-electron chi connectivity index (χ2n) is 10.1. The molecule has 4 unspecified atom stereocenters. The van der Waals surface area contributed by atoms with Crippen molar-refractivity contribution in [2.24, 2.45) is 10.8 Å². The van der Waals surface area contributed by atoms with Gasteiger partial charge in [-0.15, -0.1) is 0 Å². The molecular formula is C26H38N4. The van der Waals surface area contributed by atoms with E-state index in [9.17, 15) is 0 Å².